The fraction of sp³-hybridized carbons (Fsp3) is 0.385. The average molecular weight is 465 g/mol. The van der Waals surface area contributed by atoms with E-state index in [1.165, 1.54) is 16.6 Å². The molecule has 0 saturated heterocycles. The number of rotatable bonds is 7. The Morgan fingerprint density at radius 3 is 2.59 bits per heavy atom. The molecule has 34 heavy (non-hydrogen) atoms. The highest BCUT2D eigenvalue weighted by molar-refractivity contribution is 5.99. The third kappa shape index (κ3) is 6.07. The van der Waals surface area contributed by atoms with Gasteiger partial charge < -0.3 is 10.6 Å². The lowest BCUT2D eigenvalue weighted by Gasteiger charge is -2.22. The molecule has 0 bridgehead atoms. The van der Waals surface area contributed by atoms with Gasteiger partial charge in [0.05, 0.1) is 11.0 Å². The van der Waals surface area contributed by atoms with Crippen LogP contribution in [-0.2, 0) is 0 Å². The molecular formula is C26H33FN6O. The molecule has 1 aromatic carbocycles. The highest BCUT2D eigenvalue weighted by Crippen LogP contribution is 2.23. The second-order valence-corrected chi connectivity index (χ2v) is 8.52. The van der Waals surface area contributed by atoms with Crippen molar-refractivity contribution >= 4 is 28.3 Å². The second-order valence-electron chi connectivity index (χ2n) is 8.52. The first-order chi connectivity index (χ1) is 16.3. The minimum absolute atomic E-state index is 0.132. The molecule has 8 heteroatoms. The normalized spacial score (nSPS) is 11.8. The second kappa shape index (κ2) is 11.5. The Kier molecular flexibility index (Phi) is 8.51. The molecule has 7 nitrogen and oxygen atoms in total. The van der Waals surface area contributed by atoms with Crippen LogP contribution in [0.5, 0.6) is 0 Å². The Hall–Kier alpha value is -3.55. The summed E-state index contributed by atoms with van der Waals surface area (Å²) >= 11 is 0. The van der Waals surface area contributed by atoms with E-state index < -0.39 is 0 Å². The van der Waals surface area contributed by atoms with Crippen LogP contribution >= 0.6 is 0 Å². The van der Waals surface area contributed by atoms with Crippen LogP contribution in [-0.4, -0.2) is 43.5 Å². The Balaban J connectivity index is 0.000000396. The Morgan fingerprint density at radius 2 is 1.97 bits per heavy atom. The van der Waals surface area contributed by atoms with E-state index in [-0.39, 0.29) is 17.7 Å². The summed E-state index contributed by atoms with van der Waals surface area (Å²) in [5.41, 5.74) is 8.52. The lowest BCUT2D eigenvalue weighted by Crippen LogP contribution is -2.33. The van der Waals surface area contributed by atoms with Gasteiger partial charge >= 0.3 is 0 Å². The Bertz CT molecular complexity index is 1240. The van der Waals surface area contributed by atoms with Crippen molar-refractivity contribution in [3.05, 3.63) is 65.9 Å². The number of nitrogen functional groups attached to an aromatic ring is 1. The van der Waals surface area contributed by atoms with E-state index in [4.69, 9.17) is 5.73 Å². The number of hydrogen-bond acceptors (Lipinski definition) is 5. The van der Waals surface area contributed by atoms with Gasteiger partial charge in [-0.25, -0.2) is 9.37 Å². The van der Waals surface area contributed by atoms with Gasteiger partial charge in [-0.15, -0.1) is 0 Å². The molecule has 180 valence electrons. The molecule has 3 aromatic heterocycles. The third-order valence-electron chi connectivity index (χ3n) is 5.80. The number of benzene rings is 1. The fourth-order valence-corrected chi connectivity index (χ4v) is 3.61. The van der Waals surface area contributed by atoms with Crippen LogP contribution < -0.4 is 5.73 Å². The summed E-state index contributed by atoms with van der Waals surface area (Å²) in [7, 11) is 0. The molecule has 0 aliphatic rings. The molecule has 1 amide bonds. The first-order valence-corrected chi connectivity index (χ1v) is 11.7. The molecule has 0 saturated carbocycles. The lowest BCUT2D eigenvalue weighted by molar-refractivity contribution is 0.0740. The van der Waals surface area contributed by atoms with Gasteiger partial charge in [0, 0.05) is 30.4 Å². The van der Waals surface area contributed by atoms with Crippen LogP contribution in [0.2, 0.25) is 0 Å². The zero-order chi connectivity index (χ0) is 24.7. The number of amides is 1. The molecule has 0 fully saturated rings. The lowest BCUT2D eigenvalue weighted by atomic mass is 10.0. The topological polar surface area (TPSA) is 89.4 Å². The predicted molar refractivity (Wildman–Crippen MR) is 134 cm³/mol. The SMILES string of the molecule is CCCN(CCC(C)CC)C(=O)c1cc2c3cc(F)ccc3nc(N)n2n1.Cc1ccccn1. The Morgan fingerprint density at radius 1 is 1.18 bits per heavy atom. The number of carbonyl (C=O) groups is 1. The number of pyridine rings is 1. The van der Waals surface area contributed by atoms with Gasteiger partial charge in [-0.2, -0.15) is 9.61 Å². The highest BCUT2D eigenvalue weighted by atomic mass is 19.1. The molecule has 0 spiro atoms. The minimum Gasteiger partial charge on any atom is -0.368 e. The molecule has 0 radical (unpaired) electrons. The van der Waals surface area contributed by atoms with Gasteiger partial charge in [0.1, 0.15) is 5.82 Å². The van der Waals surface area contributed by atoms with E-state index in [1.54, 1.807) is 18.3 Å². The maximum absolute atomic E-state index is 13.7. The van der Waals surface area contributed by atoms with E-state index >= 15 is 0 Å². The molecule has 1 unspecified atom stereocenters. The van der Waals surface area contributed by atoms with Crippen LogP contribution in [0, 0.1) is 18.7 Å². The number of carbonyl (C=O) groups excluding carboxylic acids is 1. The smallest absolute Gasteiger partial charge is 0.274 e. The summed E-state index contributed by atoms with van der Waals surface area (Å²) in [6.07, 6.45) is 4.70. The number of hydrogen-bond donors (Lipinski definition) is 1. The highest BCUT2D eigenvalue weighted by Gasteiger charge is 2.21. The van der Waals surface area contributed by atoms with Crippen molar-refractivity contribution in [3.63, 3.8) is 0 Å². The number of aryl methyl sites for hydroxylation is 1. The Labute approximate surface area is 199 Å². The van der Waals surface area contributed by atoms with Crippen molar-refractivity contribution in [2.75, 3.05) is 18.8 Å². The van der Waals surface area contributed by atoms with E-state index in [1.807, 2.05) is 36.9 Å². The van der Waals surface area contributed by atoms with Gasteiger partial charge in [-0.05, 0) is 62.1 Å². The third-order valence-corrected chi connectivity index (χ3v) is 5.80. The van der Waals surface area contributed by atoms with Crippen LogP contribution in [0.3, 0.4) is 0 Å². The molecule has 4 rings (SSSR count). The van der Waals surface area contributed by atoms with E-state index in [0.29, 0.717) is 41.1 Å². The van der Waals surface area contributed by atoms with Crippen molar-refractivity contribution in [1.82, 2.24) is 24.5 Å². The monoisotopic (exact) mass is 464 g/mol. The number of fused-ring (bicyclic) bond motifs is 3. The summed E-state index contributed by atoms with van der Waals surface area (Å²) in [6, 6.07) is 11.8. The summed E-state index contributed by atoms with van der Waals surface area (Å²) in [6.45, 7) is 9.72. The van der Waals surface area contributed by atoms with Gasteiger partial charge in [0.15, 0.2) is 5.69 Å². The largest absolute Gasteiger partial charge is 0.368 e. The standard InChI is InChI=1S/C20H26FN5O.C6H7N/c1-4-9-25(10-8-13(3)5-2)19(27)17-12-18-15-11-14(21)6-7-16(15)23-20(22)26(18)24-17;1-6-4-2-3-5-7-6/h6-7,11-13H,4-5,8-10H2,1-3H3,(H2,22,23);2-5H,1H3. The molecule has 3 heterocycles. The van der Waals surface area contributed by atoms with Crippen LogP contribution in [0.15, 0.2) is 48.7 Å². The first-order valence-electron chi connectivity index (χ1n) is 11.7. The van der Waals surface area contributed by atoms with Gasteiger partial charge in [-0.3, -0.25) is 9.78 Å². The summed E-state index contributed by atoms with van der Waals surface area (Å²) in [4.78, 5) is 23.1. The molecule has 0 aliphatic heterocycles. The van der Waals surface area contributed by atoms with Gasteiger partial charge in [0.25, 0.3) is 5.91 Å². The molecule has 1 atom stereocenters. The minimum atomic E-state index is -0.369. The van der Waals surface area contributed by atoms with Crippen molar-refractivity contribution in [2.45, 2.75) is 47.0 Å². The number of aromatic nitrogens is 4. The summed E-state index contributed by atoms with van der Waals surface area (Å²) in [5.74, 6) is 0.230. The maximum atomic E-state index is 13.7. The number of halogens is 1. The van der Waals surface area contributed by atoms with E-state index in [0.717, 1.165) is 25.0 Å². The molecular weight excluding hydrogens is 431 g/mol. The van der Waals surface area contributed by atoms with Crippen molar-refractivity contribution in [2.24, 2.45) is 5.92 Å². The van der Waals surface area contributed by atoms with Crippen molar-refractivity contribution < 1.29 is 9.18 Å². The van der Waals surface area contributed by atoms with E-state index in [2.05, 4.69) is 28.9 Å². The maximum Gasteiger partial charge on any atom is 0.274 e. The number of anilines is 1. The quantitative estimate of drug-likeness (QED) is 0.402. The summed E-state index contributed by atoms with van der Waals surface area (Å²) < 4.78 is 15.1. The molecule has 4 aromatic rings. The first kappa shape index (κ1) is 25.1. The summed E-state index contributed by atoms with van der Waals surface area (Å²) in [5, 5.41) is 4.94. The van der Waals surface area contributed by atoms with Crippen LogP contribution in [0.25, 0.3) is 16.4 Å². The average Bonchev–Trinajstić information content (AvgIpc) is 3.29. The van der Waals surface area contributed by atoms with Crippen molar-refractivity contribution in [1.29, 1.82) is 0 Å². The molecule has 2 N–H and O–H groups in total. The van der Waals surface area contributed by atoms with Crippen LogP contribution in [0.4, 0.5) is 10.3 Å². The van der Waals surface area contributed by atoms with Gasteiger partial charge in [0.2, 0.25) is 5.95 Å². The number of nitrogens with zero attached hydrogens (tertiary/aromatic N) is 5. The zero-order valence-corrected chi connectivity index (χ0v) is 20.3. The fourth-order valence-electron chi connectivity index (χ4n) is 3.61. The zero-order valence-electron chi connectivity index (χ0n) is 20.3. The number of nitrogens with two attached hydrogens (primary N) is 1. The van der Waals surface area contributed by atoms with E-state index in [9.17, 15) is 9.18 Å². The van der Waals surface area contributed by atoms with Crippen molar-refractivity contribution in [3.8, 4) is 0 Å². The van der Waals surface area contributed by atoms with Crippen LogP contribution in [0.1, 0.15) is 56.2 Å². The predicted octanol–water partition coefficient (Wildman–Crippen LogP) is 5.28. The molecule has 0 aliphatic carbocycles. The van der Waals surface area contributed by atoms with Gasteiger partial charge in [-0.1, -0.05) is 33.3 Å².